The third kappa shape index (κ3) is 4.47. The van der Waals surface area contributed by atoms with Crippen LogP contribution in [0.5, 0.6) is 0 Å². The highest BCUT2D eigenvalue weighted by molar-refractivity contribution is 9.09. The predicted molar refractivity (Wildman–Crippen MR) is 67.0 cm³/mol. The Morgan fingerprint density at radius 1 is 1.06 bits per heavy atom. The largest absolute Gasteiger partial charge is 0.414 e. The van der Waals surface area contributed by atoms with Crippen molar-refractivity contribution in [2.45, 2.75) is 68.9 Å². The molecule has 2 rings (SSSR count). The van der Waals surface area contributed by atoms with Gasteiger partial charge in [-0.05, 0) is 43.9 Å². The molecule has 4 heteroatoms. The van der Waals surface area contributed by atoms with E-state index in [1.165, 1.54) is 38.0 Å². The summed E-state index contributed by atoms with van der Waals surface area (Å²) in [6.45, 7) is 0. The van der Waals surface area contributed by atoms with Crippen molar-refractivity contribution in [1.29, 1.82) is 0 Å². The first-order valence-electron chi connectivity index (χ1n) is 6.64. The molecule has 1 unspecified atom stereocenters. The van der Waals surface area contributed by atoms with Crippen LogP contribution in [-0.4, -0.2) is 11.1 Å². The van der Waals surface area contributed by atoms with Gasteiger partial charge in [0, 0.05) is 15.9 Å². The normalized spacial score (nSPS) is 29.5. The Bertz CT molecular complexity index is 236. The van der Waals surface area contributed by atoms with Gasteiger partial charge in [-0.25, -0.2) is 0 Å². The molecular formula is C13H20BrF2O. The lowest BCUT2D eigenvalue weighted by Gasteiger charge is -2.36. The lowest BCUT2D eigenvalue weighted by molar-refractivity contribution is -0.192. The summed E-state index contributed by atoms with van der Waals surface area (Å²) in [6.07, 6.45) is 9.78. The maximum absolute atomic E-state index is 12.8. The van der Waals surface area contributed by atoms with E-state index in [1.54, 1.807) is 0 Å². The summed E-state index contributed by atoms with van der Waals surface area (Å²) < 4.78 is 30.3. The van der Waals surface area contributed by atoms with Gasteiger partial charge in [0.2, 0.25) is 0 Å². The Morgan fingerprint density at radius 3 is 2.41 bits per heavy atom. The lowest BCUT2D eigenvalue weighted by atomic mass is 9.73. The topological polar surface area (TPSA) is 9.23 Å². The van der Waals surface area contributed by atoms with Gasteiger partial charge in [-0.15, -0.1) is 0 Å². The Labute approximate surface area is 110 Å². The third-order valence-electron chi connectivity index (χ3n) is 4.00. The van der Waals surface area contributed by atoms with Crippen LogP contribution >= 0.6 is 15.9 Å². The van der Waals surface area contributed by atoms with E-state index in [4.69, 9.17) is 4.74 Å². The molecule has 2 saturated carbocycles. The zero-order valence-corrected chi connectivity index (χ0v) is 11.6. The molecule has 2 aliphatic rings. The number of rotatable bonds is 3. The Balaban J connectivity index is 1.83. The minimum atomic E-state index is -3.16. The summed E-state index contributed by atoms with van der Waals surface area (Å²) in [5.74, 6) is 2.16. The van der Waals surface area contributed by atoms with Gasteiger partial charge < -0.3 is 4.74 Å². The van der Waals surface area contributed by atoms with Crippen LogP contribution in [0.3, 0.4) is 0 Å². The molecule has 0 aromatic carbocycles. The first-order valence-corrected chi connectivity index (χ1v) is 7.43. The average molecular weight is 310 g/mol. The Morgan fingerprint density at radius 2 is 1.76 bits per heavy atom. The molecule has 0 bridgehead atoms. The van der Waals surface area contributed by atoms with E-state index in [-0.39, 0.29) is 6.10 Å². The number of alkyl halides is 3. The SMILES string of the molecule is FC(F)(Br)OC1CCC[C](C2CCCCC2)C1. The van der Waals surface area contributed by atoms with Crippen LogP contribution < -0.4 is 0 Å². The summed E-state index contributed by atoms with van der Waals surface area (Å²) in [5, 5.41) is -3.16. The molecule has 0 N–H and O–H groups in total. The average Bonchev–Trinajstić information content (AvgIpc) is 2.28. The molecule has 0 heterocycles. The highest BCUT2D eigenvalue weighted by Crippen LogP contribution is 2.42. The van der Waals surface area contributed by atoms with Crippen molar-refractivity contribution in [3.8, 4) is 0 Å². The van der Waals surface area contributed by atoms with Crippen molar-refractivity contribution in [1.82, 2.24) is 0 Å². The van der Waals surface area contributed by atoms with Crippen molar-refractivity contribution in [2.24, 2.45) is 5.92 Å². The number of halogens is 3. The fraction of sp³-hybridized carbons (Fsp3) is 0.923. The molecule has 99 valence electrons. The summed E-state index contributed by atoms with van der Waals surface area (Å²) in [7, 11) is 0. The van der Waals surface area contributed by atoms with Gasteiger partial charge in [0.05, 0.1) is 6.10 Å². The van der Waals surface area contributed by atoms with E-state index in [0.717, 1.165) is 25.7 Å². The fourth-order valence-electron chi connectivity index (χ4n) is 3.22. The Hall–Kier alpha value is 0.300. The van der Waals surface area contributed by atoms with Crippen LogP contribution in [0.25, 0.3) is 0 Å². The first-order chi connectivity index (χ1) is 8.04. The van der Waals surface area contributed by atoms with E-state index < -0.39 is 5.02 Å². The van der Waals surface area contributed by atoms with Crippen molar-refractivity contribution >= 4 is 15.9 Å². The molecule has 0 aliphatic heterocycles. The van der Waals surface area contributed by atoms with Crippen LogP contribution in [0.1, 0.15) is 57.8 Å². The van der Waals surface area contributed by atoms with E-state index in [2.05, 4.69) is 15.9 Å². The molecule has 2 fully saturated rings. The van der Waals surface area contributed by atoms with Crippen LogP contribution in [0.15, 0.2) is 0 Å². The van der Waals surface area contributed by atoms with Gasteiger partial charge in [-0.3, -0.25) is 0 Å². The minimum Gasteiger partial charge on any atom is -0.308 e. The van der Waals surface area contributed by atoms with Crippen molar-refractivity contribution < 1.29 is 13.5 Å². The second-order valence-corrected chi connectivity index (χ2v) is 6.20. The van der Waals surface area contributed by atoms with E-state index in [1.807, 2.05) is 0 Å². The van der Waals surface area contributed by atoms with Crippen molar-refractivity contribution in [3.05, 3.63) is 5.92 Å². The van der Waals surface area contributed by atoms with Crippen molar-refractivity contribution in [3.63, 3.8) is 0 Å². The summed E-state index contributed by atoms with van der Waals surface area (Å²) in [5.41, 5.74) is 0. The monoisotopic (exact) mass is 309 g/mol. The van der Waals surface area contributed by atoms with E-state index in [0.29, 0.717) is 5.92 Å². The molecule has 1 nitrogen and oxygen atoms in total. The molecular weight excluding hydrogens is 290 g/mol. The third-order valence-corrected chi connectivity index (χ3v) is 4.18. The van der Waals surface area contributed by atoms with Gasteiger partial charge >= 0.3 is 5.02 Å². The highest BCUT2D eigenvalue weighted by atomic mass is 79.9. The molecule has 2 aliphatic carbocycles. The van der Waals surface area contributed by atoms with Gasteiger partial charge in [0.25, 0.3) is 0 Å². The molecule has 1 atom stereocenters. The molecule has 0 aromatic heterocycles. The molecule has 1 radical (unpaired) electrons. The molecule has 0 aromatic rings. The number of hydrogen-bond donors (Lipinski definition) is 0. The second kappa shape index (κ2) is 5.96. The van der Waals surface area contributed by atoms with Crippen LogP contribution in [-0.2, 0) is 4.74 Å². The maximum atomic E-state index is 12.8. The van der Waals surface area contributed by atoms with Crippen LogP contribution in [0, 0.1) is 11.8 Å². The van der Waals surface area contributed by atoms with Gasteiger partial charge in [-0.1, -0.05) is 25.7 Å². The fourth-order valence-corrected chi connectivity index (χ4v) is 3.49. The summed E-state index contributed by atoms with van der Waals surface area (Å²) in [4.78, 5) is 0. The molecule has 17 heavy (non-hydrogen) atoms. The van der Waals surface area contributed by atoms with Crippen LogP contribution in [0.4, 0.5) is 8.78 Å². The smallest absolute Gasteiger partial charge is 0.308 e. The van der Waals surface area contributed by atoms with Crippen molar-refractivity contribution in [2.75, 3.05) is 0 Å². The van der Waals surface area contributed by atoms with Crippen LogP contribution in [0.2, 0.25) is 0 Å². The van der Waals surface area contributed by atoms with Gasteiger partial charge in [0.1, 0.15) is 0 Å². The number of ether oxygens (including phenoxy) is 1. The maximum Gasteiger partial charge on any atom is 0.414 e. The first kappa shape index (κ1) is 13.7. The second-order valence-electron chi connectivity index (χ2n) is 5.28. The Kier molecular flexibility index (Phi) is 4.81. The zero-order valence-electron chi connectivity index (χ0n) is 10.1. The van der Waals surface area contributed by atoms with E-state index >= 15 is 0 Å². The lowest BCUT2D eigenvalue weighted by Crippen LogP contribution is -2.30. The van der Waals surface area contributed by atoms with Gasteiger partial charge in [0.15, 0.2) is 0 Å². The molecule has 0 spiro atoms. The zero-order chi connectivity index (χ0) is 12.3. The van der Waals surface area contributed by atoms with E-state index in [9.17, 15) is 8.78 Å². The predicted octanol–water partition coefficient (Wildman–Crippen LogP) is 5.05. The molecule has 0 saturated heterocycles. The summed E-state index contributed by atoms with van der Waals surface area (Å²) in [6, 6.07) is 0. The number of hydrogen-bond acceptors (Lipinski definition) is 1. The minimum absolute atomic E-state index is 0.296. The quantitative estimate of drug-likeness (QED) is 0.663. The van der Waals surface area contributed by atoms with Gasteiger partial charge in [-0.2, -0.15) is 8.78 Å². The summed E-state index contributed by atoms with van der Waals surface area (Å²) >= 11 is 2.27. The highest BCUT2D eigenvalue weighted by Gasteiger charge is 2.35. The molecule has 0 amide bonds. The standard InChI is InChI=1S/C13H20BrF2O/c14-13(15,16)17-12-8-4-7-11(9-12)10-5-2-1-3-6-10/h10,12H,1-9H2.